The number of hydrogen-bond acceptors (Lipinski definition) is 5. The Hall–Kier alpha value is -2.80. The van der Waals surface area contributed by atoms with Gasteiger partial charge in [0, 0.05) is 47.6 Å². The van der Waals surface area contributed by atoms with Crippen molar-refractivity contribution in [2.45, 2.75) is 25.2 Å². The number of aromatic nitrogens is 3. The van der Waals surface area contributed by atoms with E-state index in [1.165, 1.54) is 12.1 Å². The highest BCUT2D eigenvalue weighted by Crippen LogP contribution is 2.28. The summed E-state index contributed by atoms with van der Waals surface area (Å²) in [4.78, 5) is 22.8. The van der Waals surface area contributed by atoms with E-state index in [-0.39, 0.29) is 28.8 Å². The van der Waals surface area contributed by atoms with E-state index in [9.17, 15) is 9.18 Å². The Morgan fingerprint density at radius 1 is 1.21 bits per heavy atom. The van der Waals surface area contributed by atoms with Crippen molar-refractivity contribution in [3.63, 3.8) is 0 Å². The monoisotopic (exact) mass is 400 g/mol. The van der Waals surface area contributed by atoms with Gasteiger partial charge in [0.1, 0.15) is 5.82 Å². The number of benzene rings is 1. The number of halogens is 2. The van der Waals surface area contributed by atoms with E-state index in [2.05, 4.69) is 15.1 Å². The van der Waals surface area contributed by atoms with Gasteiger partial charge >= 0.3 is 0 Å². The first-order chi connectivity index (χ1) is 13.6. The first-order valence-electron chi connectivity index (χ1n) is 9.06. The molecule has 4 rings (SSSR count). The van der Waals surface area contributed by atoms with Crippen molar-refractivity contribution < 1.29 is 13.7 Å². The van der Waals surface area contributed by atoms with Crippen molar-refractivity contribution in [1.82, 2.24) is 20.0 Å². The highest BCUT2D eigenvalue weighted by Gasteiger charge is 2.28. The summed E-state index contributed by atoms with van der Waals surface area (Å²) in [6.45, 7) is 1.13. The Labute approximate surface area is 166 Å². The second-order valence-corrected chi connectivity index (χ2v) is 7.13. The Bertz CT molecular complexity index is 951. The highest BCUT2D eigenvalue weighted by molar-refractivity contribution is 6.31. The van der Waals surface area contributed by atoms with E-state index in [4.69, 9.17) is 16.1 Å². The molecule has 0 bridgehead atoms. The fourth-order valence-electron chi connectivity index (χ4n) is 3.36. The maximum absolute atomic E-state index is 13.9. The Balaban J connectivity index is 1.37. The van der Waals surface area contributed by atoms with Crippen LogP contribution in [0.2, 0.25) is 5.02 Å². The molecule has 144 valence electrons. The SMILES string of the molecule is O=C(Cc1c(F)cccc1Cl)N1CCC(c2noc(-c3ccncc3)n2)CC1. The van der Waals surface area contributed by atoms with Gasteiger partial charge in [-0.25, -0.2) is 4.39 Å². The summed E-state index contributed by atoms with van der Waals surface area (Å²) in [6.07, 6.45) is 4.76. The van der Waals surface area contributed by atoms with Crippen LogP contribution in [0.25, 0.3) is 11.5 Å². The minimum atomic E-state index is -0.453. The van der Waals surface area contributed by atoms with Crippen LogP contribution < -0.4 is 0 Å². The standard InChI is InChI=1S/C20H18ClFN4O2/c21-16-2-1-3-17(22)15(16)12-18(27)26-10-6-13(7-11-26)19-24-20(28-25-19)14-4-8-23-9-5-14/h1-5,8-9,13H,6-7,10-12H2. The third-order valence-electron chi connectivity index (χ3n) is 4.97. The maximum Gasteiger partial charge on any atom is 0.258 e. The predicted octanol–water partition coefficient (Wildman–Crippen LogP) is 3.87. The lowest BCUT2D eigenvalue weighted by Crippen LogP contribution is -2.39. The van der Waals surface area contributed by atoms with Gasteiger partial charge in [-0.1, -0.05) is 22.8 Å². The number of likely N-dealkylation sites (tertiary alicyclic amines) is 1. The lowest BCUT2D eigenvalue weighted by atomic mass is 9.95. The molecule has 1 amide bonds. The fourth-order valence-corrected chi connectivity index (χ4v) is 3.59. The molecule has 0 saturated carbocycles. The molecule has 28 heavy (non-hydrogen) atoms. The fraction of sp³-hybridized carbons (Fsp3) is 0.300. The minimum absolute atomic E-state index is 0.0371. The van der Waals surface area contributed by atoms with E-state index in [0.717, 1.165) is 18.4 Å². The molecular weight excluding hydrogens is 383 g/mol. The number of hydrogen-bond donors (Lipinski definition) is 0. The maximum atomic E-state index is 13.9. The van der Waals surface area contributed by atoms with E-state index >= 15 is 0 Å². The van der Waals surface area contributed by atoms with Gasteiger partial charge in [0.05, 0.1) is 6.42 Å². The molecule has 1 aliphatic rings. The molecule has 3 aromatic rings. The molecule has 0 unspecified atom stereocenters. The molecule has 0 atom stereocenters. The van der Waals surface area contributed by atoms with Gasteiger partial charge in [0.2, 0.25) is 5.91 Å². The molecular formula is C20H18ClFN4O2. The lowest BCUT2D eigenvalue weighted by molar-refractivity contribution is -0.131. The number of nitrogens with zero attached hydrogens (tertiary/aromatic N) is 4. The molecule has 0 N–H and O–H groups in total. The summed E-state index contributed by atoms with van der Waals surface area (Å²) in [5, 5.41) is 4.38. The van der Waals surface area contributed by atoms with Crippen molar-refractivity contribution in [2.75, 3.05) is 13.1 Å². The number of amides is 1. The van der Waals surface area contributed by atoms with Gasteiger partial charge in [-0.3, -0.25) is 9.78 Å². The zero-order chi connectivity index (χ0) is 19.5. The molecule has 0 radical (unpaired) electrons. The smallest absolute Gasteiger partial charge is 0.258 e. The second-order valence-electron chi connectivity index (χ2n) is 6.73. The molecule has 8 heteroatoms. The molecule has 1 fully saturated rings. The van der Waals surface area contributed by atoms with Crippen LogP contribution >= 0.6 is 11.6 Å². The molecule has 1 saturated heterocycles. The van der Waals surface area contributed by atoms with Crippen LogP contribution in [-0.4, -0.2) is 39.0 Å². The van der Waals surface area contributed by atoms with Crippen LogP contribution in [0.1, 0.15) is 30.1 Å². The summed E-state index contributed by atoms with van der Waals surface area (Å²) in [7, 11) is 0. The summed E-state index contributed by atoms with van der Waals surface area (Å²) in [5.74, 6) is 0.656. The normalized spacial score (nSPS) is 15.0. The van der Waals surface area contributed by atoms with Crippen LogP contribution in [-0.2, 0) is 11.2 Å². The number of carbonyl (C=O) groups excluding carboxylic acids is 1. The van der Waals surface area contributed by atoms with Crippen LogP contribution in [0.5, 0.6) is 0 Å². The van der Waals surface area contributed by atoms with Crippen molar-refractivity contribution >= 4 is 17.5 Å². The Morgan fingerprint density at radius 2 is 1.96 bits per heavy atom. The number of pyridine rings is 1. The first-order valence-corrected chi connectivity index (χ1v) is 9.44. The summed E-state index contributed by atoms with van der Waals surface area (Å²) in [6, 6.07) is 8.06. The van der Waals surface area contributed by atoms with E-state index < -0.39 is 5.82 Å². The number of piperidine rings is 1. The van der Waals surface area contributed by atoms with Crippen LogP contribution in [0, 0.1) is 5.82 Å². The molecule has 1 aliphatic heterocycles. The number of rotatable bonds is 4. The quantitative estimate of drug-likeness (QED) is 0.664. The number of carbonyl (C=O) groups is 1. The van der Waals surface area contributed by atoms with Crippen LogP contribution in [0.3, 0.4) is 0 Å². The van der Waals surface area contributed by atoms with Gasteiger partial charge in [-0.15, -0.1) is 0 Å². The summed E-state index contributed by atoms with van der Waals surface area (Å²) < 4.78 is 19.3. The van der Waals surface area contributed by atoms with Crippen molar-refractivity contribution in [1.29, 1.82) is 0 Å². The van der Waals surface area contributed by atoms with E-state index in [1.54, 1.807) is 23.4 Å². The van der Waals surface area contributed by atoms with Crippen molar-refractivity contribution in [3.8, 4) is 11.5 Å². The molecule has 6 nitrogen and oxygen atoms in total. The Kier molecular flexibility index (Phi) is 5.34. The molecule has 0 spiro atoms. The molecule has 0 aliphatic carbocycles. The van der Waals surface area contributed by atoms with Crippen molar-refractivity contribution in [3.05, 3.63) is 65.0 Å². The van der Waals surface area contributed by atoms with Gasteiger partial charge in [0.15, 0.2) is 5.82 Å². The van der Waals surface area contributed by atoms with Crippen LogP contribution in [0.4, 0.5) is 4.39 Å². The minimum Gasteiger partial charge on any atom is -0.342 e. The first kappa shape index (κ1) is 18.6. The van der Waals surface area contributed by atoms with Crippen LogP contribution in [0.15, 0.2) is 47.2 Å². The van der Waals surface area contributed by atoms with E-state index in [1.807, 2.05) is 12.1 Å². The zero-order valence-corrected chi connectivity index (χ0v) is 15.8. The molecule has 2 aromatic heterocycles. The van der Waals surface area contributed by atoms with E-state index in [0.29, 0.717) is 24.8 Å². The third-order valence-corrected chi connectivity index (χ3v) is 5.33. The van der Waals surface area contributed by atoms with Gasteiger partial charge in [-0.2, -0.15) is 4.98 Å². The van der Waals surface area contributed by atoms with Gasteiger partial charge in [0.25, 0.3) is 5.89 Å². The van der Waals surface area contributed by atoms with Crippen molar-refractivity contribution in [2.24, 2.45) is 0 Å². The molecule has 1 aromatic carbocycles. The van der Waals surface area contributed by atoms with Gasteiger partial charge in [-0.05, 0) is 37.1 Å². The second kappa shape index (κ2) is 8.06. The third kappa shape index (κ3) is 3.89. The largest absolute Gasteiger partial charge is 0.342 e. The molecule has 3 heterocycles. The zero-order valence-electron chi connectivity index (χ0n) is 15.0. The van der Waals surface area contributed by atoms with Gasteiger partial charge < -0.3 is 9.42 Å². The average molecular weight is 401 g/mol. The summed E-state index contributed by atoms with van der Waals surface area (Å²) >= 11 is 6.03. The summed E-state index contributed by atoms with van der Waals surface area (Å²) in [5.41, 5.74) is 1.07. The lowest BCUT2D eigenvalue weighted by Gasteiger charge is -2.30. The highest BCUT2D eigenvalue weighted by atomic mass is 35.5. The predicted molar refractivity (Wildman–Crippen MR) is 101 cm³/mol. The topological polar surface area (TPSA) is 72.1 Å². The Morgan fingerprint density at radius 3 is 2.68 bits per heavy atom. The average Bonchev–Trinajstić information content (AvgIpc) is 3.22.